The van der Waals surface area contributed by atoms with Gasteiger partial charge >= 0.3 is 0 Å². The van der Waals surface area contributed by atoms with E-state index < -0.39 is 0 Å². The van der Waals surface area contributed by atoms with Crippen LogP contribution in [0, 0.1) is 12.5 Å². The van der Waals surface area contributed by atoms with E-state index in [1.165, 1.54) is 19.3 Å². The van der Waals surface area contributed by atoms with Crippen molar-refractivity contribution in [3.63, 3.8) is 0 Å². The number of rotatable bonds is 5. The Balaban J connectivity index is 3.04. The van der Waals surface area contributed by atoms with Crippen molar-refractivity contribution in [2.24, 2.45) is 5.92 Å². The van der Waals surface area contributed by atoms with Crippen molar-refractivity contribution in [2.45, 2.75) is 39.5 Å². The highest BCUT2D eigenvalue weighted by Crippen LogP contribution is 2.10. The van der Waals surface area contributed by atoms with Gasteiger partial charge in [-0.1, -0.05) is 45.8 Å². The first-order valence-electron chi connectivity index (χ1n) is 3.84. The maximum absolute atomic E-state index is 5.28. The summed E-state index contributed by atoms with van der Waals surface area (Å²) in [5, 5.41) is 0. The number of hydrogen-bond donors (Lipinski definition) is 0. The second-order valence-electron chi connectivity index (χ2n) is 2.72. The highest BCUT2D eigenvalue weighted by atomic mass is 14.0. The van der Waals surface area contributed by atoms with Crippen LogP contribution in [0.1, 0.15) is 39.5 Å². The summed E-state index contributed by atoms with van der Waals surface area (Å²) in [6.45, 7) is 9.75. The molecule has 53 valence electrons. The summed E-state index contributed by atoms with van der Waals surface area (Å²) in [4.78, 5) is 0. The van der Waals surface area contributed by atoms with Crippen LogP contribution in [-0.4, -0.2) is 0 Å². The van der Waals surface area contributed by atoms with E-state index in [1.54, 1.807) is 6.08 Å². The number of allylic oxidation sites excluding steroid dienone is 1. The van der Waals surface area contributed by atoms with Gasteiger partial charge in [0, 0.05) is 0 Å². The first-order chi connectivity index (χ1) is 4.31. The topological polar surface area (TPSA) is 0 Å². The molecule has 0 aromatic carbocycles. The molecule has 0 fully saturated rings. The SMILES string of the molecule is [CH]=CCC(C)CCCC. The van der Waals surface area contributed by atoms with Gasteiger partial charge in [0.1, 0.15) is 0 Å². The molecule has 0 bridgehead atoms. The summed E-state index contributed by atoms with van der Waals surface area (Å²) in [7, 11) is 0. The van der Waals surface area contributed by atoms with Gasteiger partial charge in [-0.3, -0.25) is 0 Å². The fourth-order valence-electron chi connectivity index (χ4n) is 0.903. The van der Waals surface area contributed by atoms with E-state index >= 15 is 0 Å². The average Bonchev–Trinajstić information content (AvgIpc) is 1.85. The van der Waals surface area contributed by atoms with Crippen molar-refractivity contribution >= 4 is 0 Å². The van der Waals surface area contributed by atoms with Gasteiger partial charge in [-0.15, -0.1) is 0 Å². The summed E-state index contributed by atoms with van der Waals surface area (Å²) in [5.74, 6) is 0.787. The quantitative estimate of drug-likeness (QED) is 0.529. The molecule has 0 saturated heterocycles. The zero-order valence-electron chi connectivity index (χ0n) is 6.56. The average molecular weight is 125 g/mol. The fraction of sp³-hybridized carbons (Fsp3) is 0.778. The molecule has 0 aromatic heterocycles. The summed E-state index contributed by atoms with van der Waals surface area (Å²) in [6, 6.07) is 0. The minimum atomic E-state index is 0.787. The Hall–Kier alpha value is -0.260. The van der Waals surface area contributed by atoms with E-state index in [1.807, 2.05) is 0 Å². The third-order valence-corrected chi connectivity index (χ3v) is 1.59. The summed E-state index contributed by atoms with van der Waals surface area (Å²) in [6.07, 6.45) is 6.80. The molecular weight excluding hydrogens is 108 g/mol. The summed E-state index contributed by atoms with van der Waals surface area (Å²) in [5.41, 5.74) is 0. The van der Waals surface area contributed by atoms with Gasteiger partial charge in [0.15, 0.2) is 0 Å². The van der Waals surface area contributed by atoms with Crippen molar-refractivity contribution in [1.29, 1.82) is 0 Å². The Morgan fingerprint density at radius 1 is 1.56 bits per heavy atom. The van der Waals surface area contributed by atoms with Gasteiger partial charge in [0.2, 0.25) is 0 Å². The van der Waals surface area contributed by atoms with Crippen molar-refractivity contribution in [3.05, 3.63) is 12.7 Å². The van der Waals surface area contributed by atoms with Gasteiger partial charge in [-0.25, -0.2) is 0 Å². The molecule has 0 aliphatic heterocycles. The van der Waals surface area contributed by atoms with Crippen LogP contribution in [0.15, 0.2) is 6.08 Å². The van der Waals surface area contributed by atoms with E-state index in [-0.39, 0.29) is 0 Å². The third-order valence-electron chi connectivity index (χ3n) is 1.59. The third kappa shape index (κ3) is 5.61. The monoisotopic (exact) mass is 125 g/mol. The lowest BCUT2D eigenvalue weighted by molar-refractivity contribution is 0.512. The Morgan fingerprint density at radius 3 is 2.67 bits per heavy atom. The van der Waals surface area contributed by atoms with Gasteiger partial charge in [-0.2, -0.15) is 0 Å². The molecule has 0 N–H and O–H groups in total. The first-order valence-corrected chi connectivity index (χ1v) is 3.84. The van der Waals surface area contributed by atoms with Crippen LogP contribution in [-0.2, 0) is 0 Å². The van der Waals surface area contributed by atoms with E-state index in [4.69, 9.17) is 6.58 Å². The predicted molar refractivity (Wildman–Crippen MR) is 42.2 cm³/mol. The van der Waals surface area contributed by atoms with E-state index in [9.17, 15) is 0 Å². The van der Waals surface area contributed by atoms with Gasteiger partial charge in [0.05, 0.1) is 0 Å². The predicted octanol–water partition coefficient (Wildman–Crippen LogP) is 3.19. The van der Waals surface area contributed by atoms with Crippen LogP contribution in [0.25, 0.3) is 0 Å². The molecular formula is C9H17. The van der Waals surface area contributed by atoms with Crippen molar-refractivity contribution in [2.75, 3.05) is 0 Å². The molecule has 0 heteroatoms. The number of hydrogen-bond acceptors (Lipinski definition) is 0. The van der Waals surface area contributed by atoms with Crippen LogP contribution in [0.5, 0.6) is 0 Å². The van der Waals surface area contributed by atoms with Crippen molar-refractivity contribution in [3.8, 4) is 0 Å². The fourth-order valence-corrected chi connectivity index (χ4v) is 0.903. The molecule has 0 rings (SSSR count). The molecule has 0 amide bonds. The molecule has 0 aliphatic carbocycles. The highest BCUT2D eigenvalue weighted by molar-refractivity contribution is 4.67. The smallest absolute Gasteiger partial charge is 0.0322 e. The first kappa shape index (κ1) is 8.74. The van der Waals surface area contributed by atoms with Crippen LogP contribution in [0.2, 0.25) is 0 Å². The molecule has 1 unspecified atom stereocenters. The normalized spacial score (nSPS) is 13.1. The minimum absolute atomic E-state index is 0.787. The second-order valence-corrected chi connectivity index (χ2v) is 2.72. The number of unbranched alkanes of at least 4 members (excludes halogenated alkanes) is 1. The molecule has 0 aliphatic rings. The molecule has 9 heavy (non-hydrogen) atoms. The van der Waals surface area contributed by atoms with Crippen molar-refractivity contribution in [1.82, 2.24) is 0 Å². The minimum Gasteiger partial charge on any atom is -0.0843 e. The van der Waals surface area contributed by atoms with Gasteiger partial charge in [-0.05, 0) is 12.3 Å². The Labute approximate surface area is 59.0 Å². The lowest BCUT2D eigenvalue weighted by Gasteiger charge is -2.05. The van der Waals surface area contributed by atoms with Crippen LogP contribution < -0.4 is 0 Å². The van der Waals surface area contributed by atoms with Crippen LogP contribution in [0.3, 0.4) is 0 Å². The van der Waals surface area contributed by atoms with Crippen LogP contribution in [0.4, 0.5) is 0 Å². The van der Waals surface area contributed by atoms with Crippen molar-refractivity contribution < 1.29 is 0 Å². The molecule has 0 saturated carbocycles. The Morgan fingerprint density at radius 2 is 2.22 bits per heavy atom. The second kappa shape index (κ2) is 5.87. The van der Waals surface area contributed by atoms with E-state index in [0.29, 0.717) is 0 Å². The molecule has 0 nitrogen and oxygen atoms in total. The Bertz CT molecular complexity index is 64.4. The van der Waals surface area contributed by atoms with E-state index in [0.717, 1.165) is 12.3 Å². The molecule has 1 atom stereocenters. The lowest BCUT2D eigenvalue weighted by atomic mass is 10.0. The highest BCUT2D eigenvalue weighted by Gasteiger charge is 1.96. The zero-order chi connectivity index (χ0) is 7.11. The largest absolute Gasteiger partial charge is 0.0843 e. The Kier molecular flexibility index (Phi) is 5.70. The molecule has 0 aromatic rings. The van der Waals surface area contributed by atoms with Crippen LogP contribution >= 0.6 is 0 Å². The summed E-state index contributed by atoms with van der Waals surface area (Å²) < 4.78 is 0. The standard InChI is InChI=1S/C9H17/c1-4-6-8-9(3)7-5-2/h2,5,9H,4,6-8H2,1,3H3. The maximum Gasteiger partial charge on any atom is -0.0322 e. The maximum atomic E-state index is 5.28. The van der Waals surface area contributed by atoms with Gasteiger partial charge in [0.25, 0.3) is 0 Å². The molecule has 1 radical (unpaired) electrons. The van der Waals surface area contributed by atoms with Gasteiger partial charge < -0.3 is 0 Å². The summed E-state index contributed by atoms with van der Waals surface area (Å²) >= 11 is 0. The lowest BCUT2D eigenvalue weighted by Crippen LogP contribution is -1.90. The van der Waals surface area contributed by atoms with E-state index in [2.05, 4.69) is 13.8 Å². The molecule has 0 heterocycles. The zero-order valence-corrected chi connectivity index (χ0v) is 6.56. The molecule has 0 spiro atoms.